The molecular weight excluding hydrogens is 192 g/mol. The molecule has 0 saturated heterocycles. The van der Waals surface area contributed by atoms with E-state index in [1.54, 1.807) is 0 Å². The van der Waals surface area contributed by atoms with Gasteiger partial charge in [0.05, 0.1) is 19.3 Å². The van der Waals surface area contributed by atoms with Gasteiger partial charge in [-0.15, -0.1) is 0 Å². The Morgan fingerprint density at radius 3 is 2.73 bits per heavy atom. The zero-order valence-corrected chi connectivity index (χ0v) is 9.45. The van der Waals surface area contributed by atoms with Crippen molar-refractivity contribution < 1.29 is 9.84 Å². The highest BCUT2D eigenvalue weighted by molar-refractivity contribution is 4.71. The number of aliphatic hydroxyl groups excluding tert-OH is 1. The normalized spacial score (nSPS) is 20.4. The van der Waals surface area contributed by atoms with Crippen LogP contribution in [0.25, 0.3) is 0 Å². The van der Waals surface area contributed by atoms with Crippen molar-refractivity contribution in [2.75, 3.05) is 26.3 Å². The Morgan fingerprint density at radius 2 is 2.07 bits per heavy atom. The monoisotopic (exact) mass is 216 g/mol. The van der Waals surface area contributed by atoms with E-state index in [2.05, 4.69) is 5.32 Å². The van der Waals surface area contributed by atoms with E-state index in [9.17, 15) is 0 Å². The summed E-state index contributed by atoms with van der Waals surface area (Å²) in [7, 11) is 0. The van der Waals surface area contributed by atoms with E-state index in [4.69, 9.17) is 15.6 Å². The van der Waals surface area contributed by atoms with E-state index < -0.39 is 6.10 Å². The molecule has 0 aromatic heterocycles. The van der Waals surface area contributed by atoms with Crippen LogP contribution >= 0.6 is 0 Å². The van der Waals surface area contributed by atoms with Gasteiger partial charge in [-0.3, -0.25) is 0 Å². The minimum atomic E-state index is -0.514. The maximum Gasteiger partial charge on any atom is 0.0895 e. The Bertz CT molecular complexity index is 150. The Balaban J connectivity index is 1.87. The van der Waals surface area contributed by atoms with E-state index in [1.807, 2.05) is 0 Å². The lowest BCUT2D eigenvalue weighted by molar-refractivity contribution is 0.0416. The van der Waals surface area contributed by atoms with Crippen LogP contribution in [0.2, 0.25) is 0 Å². The quantitative estimate of drug-likeness (QED) is 0.533. The molecule has 1 rings (SSSR count). The van der Waals surface area contributed by atoms with E-state index in [0.29, 0.717) is 19.3 Å². The van der Waals surface area contributed by atoms with E-state index >= 15 is 0 Å². The number of nitrogens with one attached hydrogen (secondary N) is 1. The fourth-order valence-electron chi connectivity index (χ4n) is 1.93. The summed E-state index contributed by atoms with van der Waals surface area (Å²) in [5.74, 6) is 0. The zero-order valence-electron chi connectivity index (χ0n) is 9.45. The van der Waals surface area contributed by atoms with Crippen molar-refractivity contribution >= 4 is 0 Å². The van der Waals surface area contributed by atoms with E-state index in [1.165, 1.54) is 32.1 Å². The molecule has 0 bridgehead atoms. The van der Waals surface area contributed by atoms with E-state index in [0.717, 1.165) is 6.54 Å². The average molecular weight is 216 g/mol. The fourth-order valence-corrected chi connectivity index (χ4v) is 1.93. The Hall–Kier alpha value is -0.160. The Labute approximate surface area is 92.2 Å². The fraction of sp³-hybridized carbons (Fsp3) is 1.00. The zero-order chi connectivity index (χ0) is 10.9. The maximum absolute atomic E-state index is 9.14. The van der Waals surface area contributed by atoms with Crippen LogP contribution < -0.4 is 11.1 Å². The van der Waals surface area contributed by atoms with Crippen LogP contribution in [0, 0.1) is 0 Å². The van der Waals surface area contributed by atoms with Gasteiger partial charge in [-0.05, 0) is 12.8 Å². The van der Waals surface area contributed by atoms with Crippen LogP contribution in [0.15, 0.2) is 0 Å². The number of rotatable bonds is 7. The molecule has 0 unspecified atom stereocenters. The topological polar surface area (TPSA) is 67.5 Å². The van der Waals surface area contributed by atoms with Gasteiger partial charge in [0.2, 0.25) is 0 Å². The summed E-state index contributed by atoms with van der Waals surface area (Å²) in [5, 5.41) is 12.6. The molecule has 1 aliphatic carbocycles. The SMILES string of the molecule is NC[C@@H](O)COCCNC1CCCCC1. The van der Waals surface area contributed by atoms with Crippen LogP contribution in [-0.2, 0) is 4.74 Å². The van der Waals surface area contributed by atoms with Crippen LogP contribution in [0.4, 0.5) is 0 Å². The molecule has 90 valence electrons. The molecule has 15 heavy (non-hydrogen) atoms. The van der Waals surface area contributed by atoms with Gasteiger partial charge in [0.1, 0.15) is 0 Å². The molecule has 0 aliphatic heterocycles. The van der Waals surface area contributed by atoms with E-state index in [-0.39, 0.29) is 6.54 Å². The van der Waals surface area contributed by atoms with Gasteiger partial charge < -0.3 is 20.9 Å². The molecule has 0 amide bonds. The molecule has 4 nitrogen and oxygen atoms in total. The molecule has 1 atom stereocenters. The molecule has 0 radical (unpaired) electrons. The molecule has 0 heterocycles. The second kappa shape index (κ2) is 8.05. The van der Waals surface area contributed by atoms with Gasteiger partial charge in [-0.1, -0.05) is 19.3 Å². The predicted molar refractivity (Wildman–Crippen MR) is 60.8 cm³/mol. The number of ether oxygens (including phenoxy) is 1. The van der Waals surface area contributed by atoms with Gasteiger partial charge in [0.15, 0.2) is 0 Å². The lowest BCUT2D eigenvalue weighted by atomic mass is 9.96. The number of nitrogens with two attached hydrogens (primary N) is 1. The van der Waals surface area contributed by atoms with Gasteiger partial charge in [-0.2, -0.15) is 0 Å². The third-order valence-electron chi connectivity index (χ3n) is 2.87. The van der Waals surface area contributed by atoms with Crippen molar-refractivity contribution in [2.45, 2.75) is 44.2 Å². The Morgan fingerprint density at radius 1 is 1.33 bits per heavy atom. The summed E-state index contributed by atoms with van der Waals surface area (Å²) in [4.78, 5) is 0. The first-order valence-corrected chi connectivity index (χ1v) is 6.02. The van der Waals surface area contributed by atoms with Crippen molar-refractivity contribution in [3.05, 3.63) is 0 Å². The third kappa shape index (κ3) is 6.10. The minimum Gasteiger partial charge on any atom is -0.389 e. The van der Waals surface area contributed by atoms with Gasteiger partial charge in [-0.25, -0.2) is 0 Å². The van der Waals surface area contributed by atoms with Crippen molar-refractivity contribution in [3.8, 4) is 0 Å². The number of hydrogen-bond acceptors (Lipinski definition) is 4. The van der Waals surface area contributed by atoms with Gasteiger partial charge in [0.25, 0.3) is 0 Å². The summed E-state index contributed by atoms with van der Waals surface area (Å²) < 4.78 is 5.28. The predicted octanol–water partition coefficient (Wildman–Crippen LogP) is 0.245. The first-order valence-electron chi connectivity index (χ1n) is 6.02. The average Bonchev–Trinajstić information content (AvgIpc) is 2.29. The first kappa shape index (κ1) is 12.9. The standard InChI is InChI=1S/C11H24N2O2/c12-8-11(14)9-15-7-6-13-10-4-2-1-3-5-10/h10-11,13-14H,1-9,12H2/t11-/m1/s1. The molecule has 1 aliphatic rings. The highest BCUT2D eigenvalue weighted by Gasteiger charge is 2.11. The summed E-state index contributed by atoms with van der Waals surface area (Å²) in [6, 6.07) is 0.682. The molecule has 4 heteroatoms. The maximum atomic E-state index is 9.14. The summed E-state index contributed by atoms with van der Waals surface area (Å²) in [6.07, 6.45) is 6.17. The third-order valence-corrected chi connectivity index (χ3v) is 2.87. The van der Waals surface area contributed by atoms with Crippen LogP contribution in [0.5, 0.6) is 0 Å². The van der Waals surface area contributed by atoms with Gasteiger partial charge in [0, 0.05) is 19.1 Å². The second-order valence-corrected chi connectivity index (χ2v) is 4.25. The van der Waals surface area contributed by atoms with Crippen LogP contribution in [-0.4, -0.2) is 43.6 Å². The van der Waals surface area contributed by atoms with Crippen molar-refractivity contribution in [1.82, 2.24) is 5.32 Å². The molecule has 0 aromatic rings. The summed E-state index contributed by atoms with van der Waals surface area (Å²) in [5.41, 5.74) is 5.26. The largest absolute Gasteiger partial charge is 0.389 e. The van der Waals surface area contributed by atoms with Crippen LogP contribution in [0.3, 0.4) is 0 Å². The molecular formula is C11H24N2O2. The first-order chi connectivity index (χ1) is 7.33. The van der Waals surface area contributed by atoms with Gasteiger partial charge >= 0.3 is 0 Å². The van der Waals surface area contributed by atoms with Crippen molar-refractivity contribution in [2.24, 2.45) is 5.73 Å². The molecule has 4 N–H and O–H groups in total. The summed E-state index contributed by atoms with van der Waals surface area (Å²) in [6.45, 7) is 2.16. The molecule has 1 fully saturated rings. The minimum absolute atomic E-state index is 0.274. The highest BCUT2D eigenvalue weighted by Crippen LogP contribution is 2.16. The highest BCUT2D eigenvalue weighted by atomic mass is 16.5. The lowest BCUT2D eigenvalue weighted by Crippen LogP contribution is -2.34. The Kier molecular flexibility index (Phi) is 6.92. The van der Waals surface area contributed by atoms with Crippen molar-refractivity contribution in [3.63, 3.8) is 0 Å². The molecule has 1 saturated carbocycles. The molecule has 0 aromatic carbocycles. The lowest BCUT2D eigenvalue weighted by Gasteiger charge is -2.22. The number of hydrogen-bond donors (Lipinski definition) is 3. The second-order valence-electron chi connectivity index (χ2n) is 4.25. The number of aliphatic hydroxyl groups is 1. The van der Waals surface area contributed by atoms with Crippen molar-refractivity contribution in [1.29, 1.82) is 0 Å². The summed E-state index contributed by atoms with van der Waals surface area (Å²) >= 11 is 0. The molecule has 0 spiro atoms. The smallest absolute Gasteiger partial charge is 0.0895 e. The van der Waals surface area contributed by atoms with Crippen LogP contribution in [0.1, 0.15) is 32.1 Å².